The number of piperazine rings is 1. The van der Waals surface area contributed by atoms with Gasteiger partial charge in [0, 0.05) is 0 Å². The maximum atomic E-state index is 2.46. The summed E-state index contributed by atoms with van der Waals surface area (Å²) in [5.41, 5.74) is 3.00. The summed E-state index contributed by atoms with van der Waals surface area (Å²) in [5.74, 6) is 0. The summed E-state index contributed by atoms with van der Waals surface area (Å²) in [6, 6.07) is 0. The van der Waals surface area contributed by atoms with Crippen LogP contribution in [0.15, 0.2) is 23.3 Å². The standard InChI is InChI=1S/C16H30N2/c1-5-17-11-13-18(14-12-17)10-9-16(4)8-6-7-15(2)3/h7,9H,5-6,8,10-14H2,1-4H3/p+2/b16-9+. The van der Waals surface area contributed by atoms with Crippen LogP contribution in [0.4, 0.5) is 0 Å². The summed E-state index contributed by atoms with van der Waals surface area (Å²) < 4.78 is 0. The SMILES string of the molecule is CC[NH+]1CC[NH+](C/C=C(\C)CCC=C(C)C)CC1. The molecule has 0 spiro atoms. The van der Waals surface area contributed by atoms with Crippen LogP contribution in [0.2, 0.25) is 0 Å². The largest absolute Gasteiger partial charge is 0.326 e. The molecule has 2 nitrogen and oxygen atoms in total. The summed E-state index contributed by atoms with van der Waals surface area (Å²) >= 11 is 0. The van der Waals surface area contributed by atoms with Crippen LogP contribution in [-0.4, -0.2) is 39.3 Å². The van der Waals surface area contributed by atoms with Gasteiger partial charge in [-0.25, -0.2) is 0 Å². The van der Waals surface area contributed by atoms with Crippen LogP contribution in [0.1, 0.15) is 40.5 Å². The Morgan fingerprint density at radius 3 is 2.11 bits per heavy atom. The molecule has 1 aliphatic rings. The fourth-order valence-corrected chi connectivity index (χ4v) is 2.52. The van der Waals surface area contributed by atoms with E-state index < -0.39 is 0 Å². The molecule has 0 bridgehead atoms. The van der Waals surface area contributed by atoms with Gasteiger partial charge in [0.25, 0.3) is 0 Å². The molecular weight excluding hydrogens is 220 g/mol. The highest BCUT2D eigenvalue weighted by atomic mass is 15.2. The van der Waals surface area contributed by atoms with Gasteiger partial charge in [-0.05, 0) is 46.6 Å². The first kappa shape index (κ1) is 15.5. The normalized spacial score (nSPS) is 25.0. The van der Waals surface area contributed by atoms with Crippen LogP contribution in [-0.2, 0) is 0 Å². The second-order valence-electron chi connectivity index (χ2n) is 5.93. The third-order valence-electron chi connectivity index (χ3n) is 3.99. The maximum Gasteiger partial charge on any atom is 0.127 e. The molecule has 1 saturated heterocycles. The van der Waals surface area contributed by atoms with Crippen molar-refractivity contribution in [2.45, 2.75) is 40.5 Å². The highest BCUT2D eigenvalue weighted by Gasteiger charge is 2.20. The Hall–Kier alpha value is -0.600. The molecule has 0 saturated carbocycles. The van der Waals surface area contributed by atoms with E-state index in [0.717, 1.165) is 0 Å². The molecule has 1 rings (SSSR count). The Bertz CT molecular complexity index is 279. The molecule has 2 N–H and O–H groups in total. The molecule has 0 aromatic carbocycles. The molecule has 2 heteroatoms. The topological polar surface area (TPSA) is 8.88 Å². The van der Waals surface area contributed by atoms with Crippen LogP contribution in [0.5, 0.6) is 0 Å². The minimum atomic E-state index is 1.20. The molecule has 0 unspecified atom stereocenters. The van der Waals surface area contributed by atoms with Crippen molar-refractivity contribution in [3.8, 4) is 0 Å². The summed E-state index contributed by atoms with van der Waals surface area (Å²) in [5, 5.41) is 0. The van der Waals surface area contributed by atoms with Crippen LogP contribution < -0.4 is 9.80 Å². The van der Waals surface area contributed by atoms with Crippen molar-refractivity contribution in [2.75, 3.05) is 39.3 Å². The lowest BCUT2D eigenvalue weighted by Gasteiger charge is -2.28. The van der Waals surface area contributed by atoms with E-state index in [1.54, 1.807) is 15.4 Å². The number of likely N-dealkylation sites (N-methyl/N-ethyl adjacent to an activating group) is 1. The summed E-state index contributed by atoms with van der Waals surface area (Å²) in [6.45, 7) is 16.9. The van der Waals surface area contributed by atoms with Crippen molar-refractivity contribution in [2.24, 2.45) is 0 Å². The quantitative estimate of drug-likeness (QED) is 0.637. The Labute approximate surface area is 113 Å². The van der Waals surface area contributed by atoms with Gasteiger partial charge in [-0.2, -0.15) is 0 Å². The average molecular weight is 252 g/mol. The van der Waals surface area contributed by atoms with Crippen molar-refractivity contribution in [1.29, 1.82) is 0 Å². The first-order valence-corrected chi connectivity index (χ1v) is 7.58. The predicted molar refractivity (Wildman–Crippen MR) is 79.2 cm³/mol. The number of hydrogen-bond donors (Lipinski definition) is 2. The van der Waals surface area contributed by atoms with E-state index in [-0.39, 0.29) is 0 Å². The molecule has 104 valence electrons. The second kappa shape index (κ2) is 8.49. The Morgan fingerprint density at radius 1 is 0.944 bits per heavy atom. The van der Waals surface area contributed by atoms with E-state index in [1.165, 1.54) is 57.7 Å². The molecule has 0 aromatic rings. The third kappa shape index (κ3) is 6.36. The summed E-state index contributed by atoms with van der Waals surface area (Å²) in [4.78, 5) is 3.55. The monoisotopic (exact) mass is 252 g/mol. The predicted octanol–water partition coefficient (Wildman–Crippen LogP) is 0.482. The lowest BCUT2D eigenvalue weighted by Crippen LogP contribution is -3.27. The summed E-state index contributed by atoms with van der Waals surface area (Å²) in [7, 11) is 0. The molecule has 0 radical (unpaired) electrons. The fourth-order valence-electron chi connectivity index (χ4n) is 2.52. The lowest BCUT2D eigenvalue weighted by molar-refractivity contribution is -1.01. The molecular formula is C16H32N2+2. The first-order valence-electron chi connectivity index (χ1n) is 7.58. The molecule has 1 heterocycles. The molecule has 1 fully saturated rings. The van der Waals surface area contributed by atoms with Gasteiger partial charge >= 0.3 is 0 Å². The highest BCUT2D eigenvalue weighted by molar-refractivity contribution is 5.01. The molecule has 1 aliphatic heterocycles. The van der Waals surface area contributed by atoms with Crippen molar-refractivity contribution in [3.63, 3.8) is 0 Å². The Morgan fingerprint density at radius 2 is 1.56 bits per heavy atom. The van der Waals surface area contributed by atoms with E-state index in [2.05, 4.69) is 39.8 Å². The third-order valence-corrected chi connectivity index (χ3v) is 3.99. The number of rotatable bonds is 6. The minimum Gasteiger partial charge on any atom is -0.326 e. The average Bonchev–Trinajstić information content (AvgIpc) is 2.36. The van der Waals surface area contributed by atoms with E-state index in [4.69, 9.17) is 0 Å². The van der Waals surface area contributed by atoms with E-state index >= 15 is 0 Å². The van der Waals surface area contributed by atoms with Gasteiger partial charge in [-0.3, -0.25) is 0 Å². The van der Waals surface area contributed by atoms with Gasteiger partial charge in [-0.1, -0.05) is 17.2 Å². The first-order chi connectivity index (χ1) is 8.61. The van der Waals surface area contributed by atoms with E-state index in [0.29, 0.717) is 0 Å². The molecule has 18 heavy (non-hydrogen) atoms. The van der Waals surface area contributed by atoms with Crippen LogP contribution in [0.3, 0.4) is 0 Å². The minimum absolute atomic E-state index is 1.20. The highest BCUT2D eigenvalue weighted by Crippen LogP contribution is 2.05. The molecule has 0 atom stereocenters. The van der Waals surface area contributed by atoms with Crippen LogP contribution in [0, 0.1) is 0 Å². The van der Waals surface area contributed by atoms with Gasteiger partial charge in [0.1, 0.15) is 26.2 Å². The number of allylic oxidation sites excluding steroid dienone is 3. The van der Waals surface area contributed by atoms with Crippen molar-refractivity contribution >= 4 is 0 Å². The smallest absolute Gasteiger partial charge is 0.127 e. The van der Waals surface area contributed by atoms with Crippen molar-refractivity contribution < 1.29 is 9.80 Å². The molecule has 0 aromatic heterocycles. The van der Waals surface area contributed by atoms with Gasteiger partial charge in [0.05, 0.1) is 13.1 Å². The summed E-state index contributed by atoms with van der Waals surface area (Å²) in [6.07, 6.45) is 7.23. The van der Waals surface area contributed by atoms with Crippen molar-refractivity contribution in [3.05, 3.63) is 23.3 Å². The second-order valence-corrected chi connectivity index (χ2v) is 5.93. The Kier molecular flexibility index (Phi) is 7.29. The van der Waals surface area contributed by atoms with E-state index in [9.17, 15) is 0 Å². The lowest BCUT2D eigenvalue weighted by atomic mass is 10.1. The zero-order valence-electron chi connectivity index (χ0n) is 12.8. The number of quaternary nitrogens is 2. The zero-order chi connectivity index (χ0) is 13.4. The molecule has 0 amide bonds. The number of hydrogen-bond acceptors (Lipinski definition) is 0. The maximum absolute atomic E-state index is 2.46. The van der Waals surface area contributed by atoms with Crippen LogP contribution in [0.25, 0.3) is 0 Å². The van der Waals surface area contributed by atoms with Crippen molar-refractivity contribution in [1.82, 2.24) is 0 Å². The number of nitrogens with one attached hydrogen (secondary N) is 2. The van der Waals surface area contributed by atoms with E-state index in [1.807, 2.05) is 0 Å². The van der Waals surface area contributed by atoms with Gasteiger partial charge < -0.3 is 9.80 Å². The van der Waals surface area contributed by atoms with Gasteiger partial charge in [0.2, 0.25) is 0 Å². The Balaban J connectivity index is 2.21. The van der Waals surface area contributed by atoms with Crippen LogP contribution >= 0.6 is 0 Å². The molecule has 0 aliphatic carbocycles. The fraction of sp³-hybridized carbons (Fsp3) is 0.750. The van der Waals surface area contributed by atoms with Gasteiger partial charge in [0.15, 0.2) is 0 Å². The van der Waals surface area contributed by atoms with Gasteiger partial charge in [-0.15, -0.1) is 0 Å². The zero-order valence-corrected chi connectivity index (χ0v) is 12.8.